The quantitative estimate of drug-likeness (QED) is 0.569. The van der Waals surface area contributed by atoms with Crippen molar-refractivity contribution in [3.05, 3.63) is 60.4 Å². The van der Waals surface area contributed by atoms with Crippen LogP contribution in [0.15, 0.2) is 53.5 Å². The van der Waals surface area contributed by atoms with E-state index in [1.54, 1.807) is 13.0 Å². The largest absolute Gasteiger partial charge is 0.448 e. The predicted molar refractivity (Wildman–Crippen MR) is 96.5 cm³/mol. The van der Waals surface area contributed by atoms with E-state index in [1.807, 2.05) is 36.4 Å². The molecular formula is C20H19NO4. The van der Waals surface area contributed by atoms with Crippen molar-refractivity contribution in [2.24, 2.45) is 0 Å². The molecule has 0 saturated carbocycles. The highest BCUT2D eigenvalue weighted by molar-refractivity contribution is 6.08. The first kappa shape index (κ1) is 16.8. The number of esters is 1. The highest BCUT2D eigenvalue weighted by atomic mass is 16.6. The van der Waals surface area contributed by atoms with Crippen LogP contribution in [0.2, 0.25) is 0 Å². The Kier molecular flexibility index (Phi) is 4.57. The van der Waals surface area contributed by atoms with Gasteiger partial charge >= 0.3 is 5.97 Å². The molecule has 128 valence electrons. The Bertz CT molecular complexity index is 970. The van der Waals surface area contributed by atoms with E-state index < -0.39 is 12.1 Å². The molecule has 5 heteroatoms. The lowest BCUT2D eigenvalue weighted by Gasteiger charge is -2.11. The van der Waals surface area contributed by atoms with E-state index >= 15 is 0 Å². The Morgan fingerprint density at radius 3 is 2.76 bits per heavy atom. The van der Waals surface area contributed by atoms with Gasteiger partial charge in [-0.05, 0) is 19.2 Å². The number of amides is 1. The van der Waals surface area contributed by atoms with Crippen LogP contribution in [0.4, 0.5) is 0 Å². The molecule has 0 bridgehead atoms. The minimum atomic E-state index is -0.920. The number of ether oxygens (including phenoxy) is 1. The third-order valence-corrected chi connectivity index (χ3v) is 4.09. The molecule has 3 rings (SSSR count). The number of carbonyl (C=O) groups is 2. The molecule has 0 aliphatic heterocycles. The molecule has 0 unspecified atom stereocenters. The second kappa shape index (κ2) is 6.81. The van der Waals surface area contributed by atoms with E-state index in [-0.39, 0.29) is 11.7 Å². The Balaban J connectivity index is 1.91. The van der Waals surface area contributed by atoms with E-state index in [4.69, 9.17) is 9.15 Å². The average molecular weight is 337 g/mol. The van der Waals surface area contributed by atoms with Crippen molar-refractivity contribution in [1.29, 1.82) is 0 Å². The summed E-state index contributed by atoms with van der Waals surface area (Å²) in [6.45, 7) is 7.16. The zero-order valence-electron chi connectivity index (χ0n) is 14.2. The summed E-state index contributed by atoms with van der Waals surface area (Å²) < 4.78 is 11.1. The summed E-state index contributed by atoms with van der Waals surface area (Å²) in [4.78, 5) is 24.3. The number of rotatable bonds is 5. The molecule has 3 aromatic rings. The molecule has 2 aromatic carbocycles. The second-order valence-corrected chi connectivity index (χ2v) is 5.80. The van der Waals surface area contributed by atoms with Crippen molar-refractivity contribution >= 4 is 33.6 Å². The van der Waals surface area contributed by atoms with Crippen molar-refractivity contribution < 1.29 is 18.7 Å². The summed E-state index contributed by atoms with van der Waals surface area (Å²) in [6, 6.07) is 11.7. The van der Waals surface area contributed by atoms with Gasteiger partial charge in [0.1, 0.15) is 5.58 Å². The SMILES string of the molecule is C=CCNC(=O)[C@H](C)OC(=O)c1oc2c(ccc3ccccc32)c1C. The van der Waals surface area contributed by atoms with Crippen molar-refractivity contribution in [3.63, 3.8) is 0 Å². The van der Waals surface area contributed by atoms with Gasteiger partial charge < -0.3 is 14.5 Å². The van der Waals surface area contributed by atoms with Gasteiger partial charge in [0.05, 0.1) is 0 Å². The van der Waals surface area contributed by atoms with Crippen LogP contribution < -0.4 is 5.32 Å². The van der Waals surface area contributed by atoms with E-state index in [2.05, 4.69) is 11.9 Å². The lowest BCUT2D eigenvalue weighted by molar-refractivity contribution is -0.128. The first-order chi connectivity index (χ1) is 12.0. The van der Waals surface area contributed by atoms with Crippen molar-refractivity contribution in [1.82, 2.24) is 5.32 Å². The van der Waals surface area contributed by atoms with E-state index in [0.29, 0.717) is 17.7 Å². The van der Waals surface area contributed by atoms with Crippen LogP contribution in [-0.2, 0) is 9.53 Å². The lowest BCUT2D eigenvalue weighted by Crippen LogP contribution is -2.35. The standard InChI is InChI=1S/C20H19NO4/c1-4-11-21-19(22)13(3)24-20(23)17-12(2)15-10-9-14-7-5-6-8-16(14)18(15)25-17/h4-10,13H,1,11H2,2-3H3,(H,21,22)/t13-/m0/s1. The normalized spacial score (nSPS) is 12.1. The van der Waals surface area contributed by atoms with Crippen LogP contribution >= 0.6 is 0 Å². The number of furan rings is 1. The van der Waals surface area contributed by atoms with Gasteiger partial charge in [0, 0.05) is 22.9 Å². The minimum absolute atomic E-state index is 0.120. The maximum atomic E-state index is 12.4. The van der Waals surface area contributed by atoms with Crippen LogP contribution in [0.25, 0.3) is 21.7 Å². The van der Waals surface area contributed by atoms with Crippen LogP contribution in [0.1, 0.15) is 23.0 Å². The summed E-state index contributed by atoms with van der Waals surface area (Å²) in [5.41, 5.74) is 1.34. The molecule has 1 N–H and O–H groups in total. The Morgan fingerprint density at radius 1 is 1.24 bits per heavy atom. The summed E-state index contributed by atoms with van der Waals surface area (Å²) in [5, 5.41) is 5.40. The monoisotopic (exact) mass is 337 g/mol. The smallest absolute Gasteiger partial charge is 0.375 e. The number of benzene rings is 2. The zero-order chi connectivity index (χ0) is 18.0. The van der Waals surface area contributed by atoms with Gasteiger partial charge in [0.15, 0.2) is 6.10 Å². The fraction of sp³-hybridized carbons (Fsp3) is 0.200. The number of fused-ring (bicyclic) bond motifs is 3. The Morgan fingerprint density at radius 2 is 2.00 bits per heavy atom. The molecule has 0 fully saturated rings. The number of hydrogen-bond donors (Lipinski definition) is 1. The van der Waals surface area contributed by atoms with Crippen molar-refractivity contribution in [3.8, 4) is 0 Å². The Hall–Kier alpha value is -3.08. The van der Waals surface area contributed by atoms with Crippen LogP contribution in [0.5, 0.6) is 0 Å². The van der Waals surface area contributed by atoms with E-state index in [0.717, 1.165) is 16.2 Å². The molecule has 0 saturated heterocycles. The number of hydrogen-bond acceptors (Lipinski definition) is 4. The van der Waals surface area contributed by atoms with E-state index in [1.165, 1.54) is 6.92 Å². The topological polar surface area (TPSA) is 68.5 Å². The molecule has 5 nitrogen and oxygen atoms in total. The van der Waals surface area contributed by atoms with E-state index in [9.17, 15) is 9.59 Å². The third-order valence-electron chi connectivity index (χ3n) is 4.09. The fourth-order valence-corrected chi connectivity index (χ4v) is 2.73. The number of carbonyl (C=O) groups excluding carboxylic acids is 2. The third kappa shape index (κ3) is 3.13. The van der Waals surface area contributed by atoms with Crippen molar-refractivity contribution in [2.75, 3.05) is 6.54 Å². The van der Waals surface area contributed by atoms with Crippen LogP contribution in [0.3, 0.4) is 0 Å². The highest BCUT2D eigenvalue weighted by Gasteiger charge is 2.24. The van der Waals surface area contributed by atoms with Gasteiger partial charge in [0.25, 0.3) is 5.91 Å². The summed E-state index contributed by atoms with van der Waals surface area (Å²) in [5.74, 6) is -0.916. The van der Waals surface area contributed by atoms with Gasteiger partial charge in [-0.1, -0.05) is 42.5 Å². The predicted octanol–water partition coefficient (Wildman–Crippen LogP) is 3.74. The average Bonchev–Trinajstić information content (AvgIpc) is 2.97. The van der Waals surface area contributed by atoms with Gasteiger partial charge in [-0.2, -0.15) is 0 Å². The summed E-state index contributed by atoms with van der Waals surface area (Å²) in [7, 11) is 0. The van der Waals surface area contributed by atoms with Gasteiger partial charge in [-0.15, -0.1) is 6.58 Å². The van der Waals surface area contributed by atoms with Gasteiger partial charge in [-0.3, -0.25) is 4.79 Å². The molecule has 0 aliphatic rings. The van der Waals surface area contributed by atoms with Gasteiger partial charge in [-0.25, -0.2) is 4.79 Å². The first-order valence-electron chi connectivity index (χ1n) is 8.03. The molecule has 0 radical (unpaired) electrons. The number of nitrogens with one attached hydrogen (secondary N) is 1. The molecule has 0 aliphatic carbocycles. The molecule has 1 aromatic heterocycles. The second-order valence-electron chi connectivity index (χ2n) is 5.80. The maximum Gasteiger partial charge on any atom is 0.375 e. The van der Waals surface area contributed by atoms with Crippen LogP contribution in [-0.4, -0.2) is 24.5 Å². The Labute approximate surface area is 145 Å². The van der Waals surface area contributed by atoms with Gasteiger partial charge in [0.2, 0.25) is 5.76 Å². The first-order valence-corrected chi connectivity index (χ1v) is 8.03. The number of aryl methyl sites for hydroxylation is 1. The summed E-state index contributed by atoms with van der Waals surface area (Å²) in [6.07, 6.45) is 0.637. The lowest BCUT2D eigenvalue weighted by atomic mass is 10.1. The molecule has 25 heavy (non-hydrogen) atoms. The minimum Gasteiger partial charge on any atom is -0.448 e. The van der Waals surface area contributed by atoms with Crippen LogP contribution in [0, 0.1) is 6.92 Å². The molecule has 1 amide bonds. The maximum absolute atomic E-state index is 12.4. The molecule has 1 atom stereocenters. The van der Waals surface area contributed by atoms with Crippen molar-refractivity contribution in [2.45, 2.75) is 20.0 Å². The zero-order valence-corrected chi connectivity index (χ0v) is 14.2. The highest BCUT2D eigenvalue weighted by Crippen LogP contribution is 2.32. The fourth-order valence-electron chi connectivity index (χ4n) is 2.73. The summed E-state index contributed by atoms with van der Waals surface area (Å²) >= 11 is 0. The molecule has 1 heterocycles. The molecule has 0 spiro atoms. The molecular weight excluding hydrogens is 318 g/mol.